The Morgan fingerprint density at radius 2 is 0.571 bits per heavy atom. The van der Waals surface area contributed by atoms with E-state index in [1.165, 1.54) is 186 Å². The second kappa shape index (κ2) is 70.2. The standard InChI is InChI=1S/C79H150O17P2/c1-7-11-13-15-17-19-21-23-24-29-32-36-43-49-55-61-76(81)89-67-74(95-79(84)64-58-52-46-38-34-30-26-25-28-31-35-41-47-53-59-71(5)9-3)69-93-97(85,86)91-65-73(80)66-92-98(87,88)94-70-75(68-90-77(82)62-56-50-44-40-39-42-48-54-60-72(6)10-4)96-78(83)63-57-51-45-37-33-27-22-20-18-16-14-12-8-2/h19,21,23-24,71-75,80H,7-18,20,22,25-70H2,1-6H3,(H,85,86)(H,87,88)/b21-19-,24-23-/t71?,72?,73-,74-,75-/m1/s1. The van der Waals surface area contributed by atoms with Crippen molar-refractivity contribution in [2.24, 2.45) is 11.8 Å². The minimum absolute atomic E-state index is 0.101. The maximum Gasteiger partial charge on any atom is 0.472 e. The summed E-state index contributed by atoms with van der Waals surface area (Å²) in [5, 5.41) is 10.6. The predicted octanol–water partition coefficient (Wildman–Crippen LogP) is 23.1. The van der Waals surface area contributed by atoms with Gasteiger partial charge in [0.15, 0.2) is 12.2 Å². The summed E-state index contributed by atoms with van der Waals surface area (Å²) in [5.74, 6) is -0.521. The minimum Gasteiger partial charge on any atom is -0.462 e. The number of phosphoric ester groups is 2. The van der Waals surface area contributed by atoms with E-state index in [0.29, 0.717) is 25.7 Å². The zero-order valence-corrected chi connectivity index (χ0v) is 65.4. The zero-order valence-electron chi connectivity index (χ0n) is 63.6. The third-order valence-corrected chi connectivity index (χ3v) is 20.5. The van der Waals surface area contributed by atoms with Crippen molar-refractivity contribution in [1.82, 2.24) is 0 Å². The molecule has 0 aromatic heterocycles. The van der Waals surface area contributed by atoms with Crippen LogP contribution in [0.5, 0.6) is 0 Å². The third-order valence-electron chi connectivity index (χ3n) is 18.6. The number of carbonyl (C=O) groups is 4. The highest BCUT2D eigenvalue weighted by Gasteiger charge is 2.30. The van der Waals surface area contributed by atoms with Gasteiger partial charge in [0.25, 0.3) is 0 Å². The van der Waals surface area contributed by atoms with Gasteiger partial charge in [-0.1, -0.05) is 336 Å². The predicted molar refractivity (Wildman–Crippen MR) is 400 cm³/mol. The van der Waals surface area contributed by atoms with Crippen LogP contribution in [-0.4, -0.2) is 96.7 Å². The molecule has 0 saturated heterocycles. The molecule has 17 nitrogen and oxygen atoms in total. The van der Waals surface area contributed by atoms with Crippen LogP contribution in [0.4, 0.5) is 0 Å². The number of rotatable bonds is 76. The van der Waals surface area contributed by atoms with E-state index in [0.717, 1.165) is 121 Å². The lowest BCUT2D eigenvalue weighted by molar-refractivity contribution is -0.161. The summed E-state index contributed by atoms with van der Waals surface area (Å²) < 4.78 is 68.6. The van der Waals surface area contributed by atoms with E-state index in [1.54, 1.807) is 0 Å². The van der Waals surface area contributed by atoms with Gasteiger partial charge >= 0.3 is 39.5 Å². The van der Waals surface area contributed by atoms with Crippen molar-refractivity contribution in [2.45, 2.75) is 407 Å². The van der Waals surface area contributed by atoms with Crippen LogP contribution in [0, 0.1) is 11.8 Å². The Morgan fingerprint density at radius 3 is 0.867 bits per heavy atom. The topological polar surface area (TPSA) is 237 Å². The molecule has 0 amide bonds. The maximum atomic E-state index is 13.1. The van der Waals surface area contributed by atoms with Gasteiger partial charge in [-0.15, -0.1) is 0 Å². The second-order valence-electron chi connectivity index (χ2n) is 28.3. The highest BCUT2D eigenvalue weighted by Crippen LogP contribution is 2.45. The van der Waals surface area contributed by atoms with Crippen LogP contribution in [0.3, 0.4) is 0 Å². The molecule has 3 N–H and O–H groups in total. The van der Waals surface area contributed by atoms with E-state index in [9.17, 15) is 43.2 Å². The molecule has 0 aliphatic rings. The van der Waals surface area contributed by atoms with Crippen molar-refractivity contribution in [1.29, 1.82) is 0 Å². The molecule has 0 aromatic carbocycles. The SMILES string of the molecule is CCCCCC/C=C\C=C/CCCCCCCC(=O)OC[C@H](COP(=O)(O)OC[C@@H](O)COP(=O)(O)OC[C@@H](COC(=O)CCCCCCCCCCC(C)CC)OC(=O)CCCCCCCCCCCCCCC)OC(=O)CCCCCCCCCCCCCCCCC(C)CC. The molecule has 0 aliphatic carbocycles. The average Bonchev–Trinajstić information content (AvgIpc) is 0.959. The number of allylic oxidation sites excluding steroid dienone is 4. The molecule has 7 atom stereocenters. The lowest BCUT2D eigenvalue weighted by Gasteiger charge is -2.21. The van der Waals surface area contributed by atoms with Crippen LogP contribution >= 0.6 is 15.6 Å². The van der Waals surface area contributed by atoms with E-state index in [4.69, 9.17) is 37.0 Å². The van der Waals surface area contributed by atoms with Crippen molar-refractivity contribution in [3.63, 3.8) is 0 Å². The highest BCUT2D eigenvalue weighted by atomic mass is 31.2. The Balaban J connectivity index is 5.30. The third kappa shape index (κ3) is 69.3. The zero-order chi connectivity index (χ0) is 72.1. The van der Waals surface area contributed by atoms with Crippen LogP contribution < -0.4 is 0 Å². The van der Waals surface area contributed by atoms with Crippen LogP contribution in [0.2, 0.25) is 0 Å². The van der Waals surface area contributed by atoms with Gasteiger partial charge in [-0.2, -0.15) is 0 Å². The number of phosphoric acid groups is 2. The number of hydrogen-bond acceptors (Lipinski definition) is 15. The Hall–Kier alpha value is -2.46. The van der Waals surface area contributed by atoms with E-state index in [2.05, 4.69) is 65.8 Å². The van der Waals surface area contributed by atoms with Crippen LogP contribution in [0.1, 0.15) is 388 Å². The number of esters is 4. The molecule has 98 heavy (non-hydrogen) atoms. The smallest absolute Gasteiger partial charge is 0.462 e. The van der Waals surface area contributed by atoms with Gasteiger partial charge in [-0.3, -0.25) is 37.3 Å². The molecule has 0 rings (SSSR count). The van der Waals surface area contributed by atoms with Crippen molar-refractivity contribution in [3.05, 3.63) is 24.3 Å². The van der Waals surface area contributed by atoms with Gasteiger partial charge < -0.3 is 33.8 Å². The number of aliphatic hydroxyl groups excluding tert-OH is 1. The quantitative estimate of drug-likeness (QED) is 0.0169. The Morgan fingerprint density at radius 1 is 0.327 bits per heavy atom. The Labute approximate surface area is 599 Å². The summed E-state index contributed by atoms with van der Waals surface area (Å²) in [6, 6.07) is 0. The number of aliphatic hydroxyl groups is 1. The second-order valence-corrected chi connectivity index (χ2v) is 31.2. The lowest BCUT2D eigenvalue weighted by atomic mass is 9.99. The van der Waals surface area contributed by atoms with Crippen molar-refractivity contribution < 1.29 is 80.2 Å². The van der Waals surface area contributed by atoms with Crippen molar-refractivity contribution in [3.8, 4) is 0 Å². The molecule has 0 bridgehead atoms. The molecule has 19 heteroatoms. The molecular weight excluding hydrogens is 1280 g/mol. The first-order valence-electron chi connectivity index (χ1n) is 40.4. The van der Waals surface area contributed by atoms with E-state index >= 15 is 0 Å². The molecule has 0 saturated carbocycles. The summed E-state index contributed by atoms with van der Waals surface area (Å²) >= 11 is 0. The number of hydrogen-bond donors (Lipinski definition) is 3. The summed E-state index contributed by atoms with van der Waals surface area (Å²) in [7, 11) is -9.93. The monoisotopic (exact) mass is 1430 g/mol. The van der Waals surface area contributed by atoms with E-state index < -0.39 is 97.5 Å². The fourth-order valence-electron chi connectivity index (χ4n) is 11.6. The minimum atomic E-state index is -4.97. The molecular formula is C79H150O17P2. The number of unbranched alkanes of at least 4 members (excludes halogenated alkanes) is 41. The van der Waals surface area contributed by atoms with Crippen LogP contribution in [-0.2, 0) is 65.4 Å². The number of ether oxygens (including phenoxy) is 4. The first-order chi connectivity index (χ1) is 47.4. The van der Waals surface area contributed by atoms with Gasteiger partial charge in [0.05, 0.1) is 26.4 Å². The number of carbonyl (C=O) groups excluding carboxylic acids is 4. The van der Waals surface area contributed by atoms with Gasteiger partial charge in [-0.25, -0.2) is 9.13 Å². The van der Waals surface area contributed by atoms with Crippen LogP contribution in [0.25, 0.3) is 0 Å². The molecule has 578 valence electrons. The molecule has 0 radical (unpaired) electrons. The van der Waals surface area contributed by atoms with Gasteiger partial charge in [-0.05, 0) is 63.2 Å². The summed E-state index contributed by atoms with van der Waals surface area (Å²) in [6.07, 6.45) is 61.6. The summed E-state index contributed by atoms with van der Waals surface area (Å²) in [4.78, 5) is 72.9. The van der Waals surface area contributed by atoms with Crippen LogP contribution in [0.15, 0.2) is 24.3 Å². The lowest BCUT2D eigenvalue weighted by Crippen LogP contribution is -2.30. The maximum absolute atomic E-state index is 13.1. The molecule has 0 heterocycles. The Bertz CT molecular complexity index is 1990. The molecule has 0 aliphatic heterocycles. The molecule has 0 aromatic rings. The first-order valence-corrected chi connectivity index (χ1v) is 43.4. The largest absolute Gasteiger partial charge is 0.472 e. The van der Waals surface area contributed by atoms with Gasteiger partial charge in [0.1, 0.15) is 19.3 Å². The molecule has 0 fully saturated rings. The highest BCUT2D eigenvalue weighted by molar-refractivity contribution is 7.47. The molecule has 0 spiro atoms. The summed E-state index contributed by atoms with van der Waals surface area (Å²) in [5.41, 5.74) is 0. The Kier molecular flexibility index (Phi) is 68.5. The fraction of sp³-hybridized carbons (Fsp3) is 0.899. The first kappa shape index (κ1) is 95.5. The van der Waals surface area contributed by atoms with E-state index in [1.807, 2.05) is 0 Å². The van der Waals surface area contributed by atoms with Gasteiger partial charge in [0, 0.05) is 25.7 Å². The average molecular weight is 1430 g/mol. The van der Waals surface area contributed by atoms with Crippen molar-refractivity contribution >= 4 is 39.5 Å². The normalized spacial score (nSPS) is 14.7. The summed E-state index contributed by atoms with van der Waals surface area (Å²) in [6.45, 7) is 9.61. The van der Waals surface area contributed by atoms with Crippen molar-refractivity contribution in [2.75, 3.05) is 39.6 Å². The van der Waals surface area contributed by atoms with E-state index in [-0.39, 0.29) is 25.7 Å². The molecule has 4 unspecified atom stereocenters. The fourth-order valence-corrected chi connectivity index (χ4v) is 13.2. The van der Waals surface area contributed by atoms with Gasteiger partial charge in [0.2, 0.25) is 0 Å².